The smallest absolute Gasteiger partial charge is 0.268 e. The maximum atomic E-state index is 12.5. The van der Waals surface area contributed by atoms with Crippen molar-refractivity contribution in [2.75, 3.05) is 25.6 Å². The summed E-state index contributed by atoms with van der Waals surface area (Å²) in [5.74, 6) is 1.49. The van der Waals surface area contributed by atoms with E-state index in [0.29, 0.717) is 35.4 Å². The van der Waals surface area contributed by atoms with Crippen LogP contribution in [0.1, 0.15) is 41.5 Å². The molecule has 8 nitrogen and oxygen atoms in total. The number of nitrogens with zero attached hydrogens (tertiary/aromatic N) is 3. The third-order valence-corrected chi connectivity index (χ3v) is 6.09. The van der Waals surface area contributed by atoms with E-state index in [9.17, 15) is 10.1 Å². The van der Waals surface area contributed by atoms with E-state index in [4.69, 9.17) is 14.2 Å². The van der Waals surface area contributed by atoms with E-state index in [1.807, 2.05) is 45.9 Å². The molecular formula is C26H28N4O4S. The van der Waals surface area contributed by atoms with Crippen LogP contribution in [0, 0.1) is 25.2 Å². The van der Waals surface area contributed by atoms with E-state index in [-0.39, 0.29) is 11.5 Å². The van der Waals surface area contributed by atoms with Gasteiger partial charge in [-0.1, -0.05) is 48.9 Å². The average molecular weight is 493 g/mol. The Morgan fingerprint density at radius 1 is 1.09 bits per heavy atom. The van der Waals surface area contributed by atoms with Crippen LogP contribution in [0.15, 0.2) is 42.0 Å². The van der Waals surface area contributed by atoms with E-state index in [1.165, 1.54) is 30.1 Å². The molecule has 0 atom stereocenters. The van der Waals surface area contributed by atoms with Crippen molar-refractivity contribution in [2.45, 2.75) is 33.6 Å². The number of benzene rings is 2. The van der Waals surface area contributed by atoms with Crippen molar-refractivity contribution in [1.29, 1.82) is 5.26 Å². The fourth-order valence-corrected chi connectivity index (χ4v) is 3.90. The Bertz CT molecular complexity index is 1260. The fraction of sp³-hybridized carbons (Fsp3) is 0.308. The lowest BCUT2D eigenvalue weighted by molar-refractivity contribution is -0.112. The molecule has 3 rings (SSSR count). The van der Waals surface area contributed by atoms with Crippen molar-refractivity contribution in [3.8, 4) is 23.3 Å². The van der Waals surface area contributed by atoms with Crippen LogP contribution in [-0.4, -0.2) is 36.4 Å². The first kappa shape index (κ1) is 25.7. The van der Waals surface area contributed by atoms with Crippen LogP contribution in [0.25, 0.3) is 6.08 Å². The molecule has 0 radical (unpaired) electrons. The van der Waals surface area contributed by atoms with Gasteiger partial charge in [0.05, 0.1) is 7.11 Å². The maximum Gasteiger partial charge on any atom is 0.268 e. The number of aromatic nitrogens is 2. The Balaban J connectivity index is 1.63. The highest BCUT2D eigenvalue weighted by atomic mass is 32.1. The number of carbonyl (C=O) groups is 1. The largest absolute Gasteiger partial charge is 0.493 e. The molecule has 0 saturated heterocycles. The van der Waals surface area contributed by atoms with E-state index in [1.54, 1.807) is 18.2 Å². The molecule has 0 aliphatic rings. The summed E-state index contributed by atoms with van der Waals surface area (Å²) in [5, 5.41) is 21.3. The molecule has 2 aromatic carbocycles. The highest BCUT2D eigenvalue weighted by Gasteiger charge is 2.15. The van der Waals surface area contributed by atoms with Crippen molar-refractivity contribution < 1.29 is 19.0 Å². The predicted octanol–water partition coefficient (Wildman–Crippen LogP) is 5.29. The number of methoxy groups -OCH3 is 1. The van der Waals surface area contributed by atoms with Gasteiger partial charge in [0.15, 0.2) is 11.5 Å². The molecule has 0 bridgehead atoms. The summed E-state index contributed by atoms with van der Waals surface area (Å²) in [7, 11) is 1.53. The number of rotatable bonds is 10. The second-order valence-electron chi connectivity index (χ2n) is 8.10. The highest BCUT2D eigenvalue weighted by Crippen LogP contribution is 2.29. The summed E-state index contributed by atoms with van der Waals surface area (Å²) in [6.45, 7) is 8.72. The number of anilines is 1. The van der Waals surface area contributed by atoms with Crippen molar-refractivity contribution in [3.63, 3.8) is 0 Å². The summed E-state index contributed by atoms with van der Waals surface area (Å²) in [6, 6.07) is 13.1. The van der Waals surface area contributed by atoms with Gasteiger partial charge in [0.1, 0.15) is 35.6 Å². The molecule has 182 valence electrons. The van der Waals surface area contributed by atoms with Crippen LogP contribution in [0.2, 0.25) is 0 Å². The van der Waals surface area contributed by atoms with Gasteiger partial charge in [-0.05, 0) is 49.2 Å². The minimum atomic E-state index is -0.554. The standard InChI is InChI=1S/C26H28N4O4S/c1-16(2)25-29-30-26(35-25)28-24(31)20(15-27)13-19-7-9-22(23(14-19)32-5)34-11-10-33-21-8-6-17(3)12-18(21)4/h6-9,12-14,16H,10-11H2,1-5H3,(H,28,30,31)/b20-13-. The molecule has 1 N–H and O–H groups in total. The lowest BCUT2D eigenvalue weighted by Gasteiger charge is -2.13. The summed E-state index contributed by atoms with van der Waals surface area (Å²) < 4.78 is 17.1. The van der Waals surface area contributed by atoms with Crippen LogP contribution in [0.5, 0.6) is 17.2 Å². The minimum absolute atomic E-state index is 0.0658. The molecule has 3 aromatic rings. The molecule has 1 amide bonds. The zero-order chi connectivity index (χ0) is 25.4. The number of carbonyl (C=O) groups excluding carboxylic acids is 1. The molecule has 0 unspecified atom stereocenters. The molecule has 0 aliphatic carbocycles. The fourth-order valence-electron chi connectivity index (χ4n) is 3.16. The van der Waals surface area contributed by atoms with Crippen LogP contribution < -0.4 is 19.5 Å². The lowest BCUT2D eigenvalue weighted by Crippen LogP contribution is -2.13. The van der Waals surface area contributed by atoms with Gasteiger partial charge >= 0.3 is 0 Å². The highest BCUT2D eigenvalue weighted by molar-refractivity contribution is 7.15. The van der Waals surface area contributed by atoms with Gasteiger partial charge in [0.2, 0.25) is 5.13 Å². The molecule has 9 heteroatoms. The molecule has 0 fully saturated rings. The summed E-state index contributed by atoms with van der Waals surface area (Å²) in [5.41, 5.74) is 2.81. The first-order chi connectivity index (χ1) is 16.8. The quantitative estimate of drug-likeness (QED) is 0.233. The third kappa shape index (κ3) is 7.04. The van der Waals surface area contributed by atoms with Gasteiger partial charge in [-0.3, -0.25) is 10.1 Å². The van der Waals surface area contributed by atoms with Gasteiger partial charge in [0.25, 0.3) is 5.91 Å². The Morgan fingerprint density at radius 3 is 2.43 bits per heavy atom. The van der Waals surface area contributed by atoms with E-state index in [2.05, 4.69) is 21.6 Å². The van der Waals surface area contributed by atoms with Crippen molar-refractivity contribution in [3.05, 3.63) is 63.7 Å². The van der Waals surface area contributed by atoms with Crippen molar-refractivity contribution >= 4 is 28.5 Å². The van der Waals surface area contributed by atoms with Crippen LogP contribution in [0.3, 0.4) is 0 Å². The normalized spacial score (nSPS) is 11.2. The van der Waals surface area contributed by atoms with Crippen molar-refractivity contribution in [1.82, 2.24) is 10.2 Å². The summed E-state index contributed by atoms with van der Waals surface area (Å²) in [6.07, 6.45) is 1.48. The second kappa shape index (κ2) is 12.0. The number of nitriles is 1. The molecule has 35 heavy (non-hydrogen) atoms. The number of amides is 1. The molecular weight excluding hydrogens is 464 g/mol. The van der Waals surface area contributed by atoms with Gasteiger partial charge in [-0.25, -0.2) is 0 Å². The van der Waals surface area contributed by atoms with E-state index < -0.39 is 5.91 Å². The second-order valence-corrected chi connectivity index (χ2v) is 9.11. The van der Waals surface area contributed by atoms with E-state index in [0.717, 1.165) is 16.3 Å². The first-order valence-electron chi connectivity index (χ1n) is 11.1. The van der Waals surface area contributed by atoms with Crippen LogP contribution in [0.4, 0.5) is 5.13 Å². The maximum absolute atomic E-state index is 12.5. The van der Waals surface area contributed by atoms with E-state index >= 15 is 0 Å². The first-order valence-corrected chi connectivity index (χ1v) is 11.9. The van der Waals surface area contributed by atoms with Crippen LogP contribution in [-0.2, 0) is 4.79 Å². The minimum Gasteiger partial charge on any atom is -0.493 e. The Morgan fingerprint density at radius 2 is 1.80 bits per heavy atom. The topological polar surface area (TPSA) is 106 Å². The SMILES string of the molecule is COc1cc(/C=C(/C#N)C(=O)Nc2nnc(C(C)C)s2)ccc1OCCOc1ccc(C)cc1C. The van der Waals surface area contributed by atoms with Gasteiger partial charge in [0, 0.05) is 5.92 Å². The molecule has 0 saturated carbocycles. The van der Waals surface area contributed by atoms with Crippen molar-refractivity contribution in [2.24, 2.45) is 0 Å². The summed E-state index contributed by atoms with van der Waals surface area (Å²) in [4.78, 5) is 12.5. The summed E-state index contributed by atoms with van der Waals surface area (Å²) >= 11 is 1.28. The van der Waals surface area contributed by atoms with Gasteiger partial charge in [-0.15, -0.1) is 10.2 Å². The zero-order valence-electron chi connectivity index (χ0n) is 20.4. The number of hydrogen-bond donors (Lipinski definition) is 1. The number of nitrogens with one attached hydrogen (secondary N) is 1. The third-order valence-electron chi connectivity index (χ3n) is 4.95. The molecule has 1 aromatic heterocycles. The Labute approximate surface area is 209 Å². The molecule has 0 spiro atoms. The monoisotopic (exact) mass is 492 g/mol. The average Bonchev–Trinajstić information content (AvgIpc) is 3.30. The van der Waals surface area contributed by atoms with Crippen LogP contribution >= 0.6 is 11.3 Å². The Hall–Kier alpha value is -3.90. The number of ether oxygens (including phenoxy) is 3. The number of hydrogen-bond acceptors (Lipinski definition) is 8. The lowest BCUT2D eigenvalue weighted by atomic mass is 10.1. The number of aryl methyl sites for hydroxylation is 2. The van der Waals surface area contributed by atoms with Gasteiger partial charge < -0.3 is 14.2 Å². The predicted molar refractivity (Wildman–Crippen MR) is 136 cm³/mol. The molecule has 1 heterocycles. The Kier molecular flexibility index (Phi) is 8.81. The molecule has 0 aliphatic heterocycles. The zero-order valence-corrected chi connectivity index (χ0v) is 21.2. The van der Waals surface area contributed by atoms with Gasteiger partial charge in [-0.2, -0.15) is 5.26 Å².